The lowest BCUT2D eigenvalue weighted by Gasteiger charge is -2.39. The van der Waals surface area contributed by atoms with Crippen molar-refractivity contribution in [3.63, 3.8) is 0 Å². The predicted molar refractivity (Wildman–Crippen MR) is 178 cm³/mol. The molecule has 0 radical (unpaired) electrons. The van der Waals surface area contributed by atoms with Gasteiger partial charge in [-0.15, -0.1) is 0 Å². The molecule has 46 heavy (non-hydrogen) atoms. The summed E-state index contributed by atoms with van der Waals surface area (Å²) in [5.41, 5.74) is 0. The molecule has 1 rings (SSSR count). The molecule has 10 nitrogen and oxygen atoms in total. The zero-order valence-corrected chi connectivity index (χ0v) is 29.0. The number of aliphatic hydroxyl groups excluding tert-OH is 4. The van der Waals surface area contributed by atoms with Crippen LogP contribution in [0.5, 0.6) is 0 Å². The molecule has 10 heteroatoms. The molecular formula is C36H67O10-. The Morgan fingerprint density at radius 2 is 1.20 bits per heavy atom. The van der Waals surface area contributed by atoms with Gasteiger partial charge in [-0.25, -0.2) is 0 Å². The van der Waals surface area contributed by atoms with Gasteiger partial charge >= 0.3 is 11.9 Å². The molecule has 4 N–H and O–H groups in total. The number of hydrogen-bond donors (Lipinski definition) is 4. The monoisotopic (exact) mass is 659 g/mol. The molecule has 0 amide bonds. The molecule has 0 saturated carbocycles. The number of carbonyl (C=O) groups is 2. The van der Waals surface area contributed by atoms with Crippen molar-refractivity contribution in [1.29, 1.82) is 0 Å². The van der Waals surface area contributed by atoms with E-state index in [4.69, 9.17) is 18.9 Å². The van der Waals surface area contributed by atoms with E-state index in [9.17, 15) is 30.0 Å². The van der Waals surface area contributed by atoms with Crippen molar-refractivity contribution in [2.24, 2.45) is 0 Å². The van der Waals surface area contributed by atoms with Gasteiger partial charge in [-0.1, -0.05) is 117 Å². The largest absolute Gasteiger partial charge is 0.462 e. The molecule has 0 bridgehead atoms. The molecule has 0 aromatic heterocycles. The minimum atomic E-state index is -1.59. The number of rotatable bonds is 30. The van der Waals surface area contributed by atoms with Gasteiger partial charge in [-0.05, 0) is 12.8 Å². The topological polar surface area (TPSA) is 152 Å². The van der Waals surface area contributed by atoms with E-state index in [1.807, 2.05) is 0 Å². The van der Waals surface area contributed by atoms with Crippen molar-refractivity contribution in [3.8, 4) is 0 Å². The van der Waals surface area contributed by atoms with Crippen molar-refractivity contribution in [3.05, 3.63) is 6.42 Å². The van der Waals surface area contributed by atoms with E-state index in [2.05, 4.69) is 20.3 Å². The summed E-state index contributed by atoms with van der Waals surface area (Å²) in [6.07, 6.45) is 17.5. The maximum absolute atomic E-state index is 12.6. The molecule has 0 spiro atoms. The van der Waals surface area contributed by atoms with Gasteiger partial charge in [0.25, 0.3) is 0 Å². The summed E-state index contributed by atoms with van der Waals surface area (Å²) in [6, 6.07) is 0. The third-order valence-corrected chi connectivity index (χ3v) is 8.59. The van der Waals surface area contributed by atoms with Gasteiger partial charge in [-0.3, -0.25) is 9.59 Å². The molecule has 0 unspecified atom stereocenters. The summed E-state index contributed by atoms with van der Waals surface area (Å²) in [5, 5.41) is 39.8. The molecule has 1 heterocycles. The average Bonchev–Trinajstić information content (AvgIpc) is 3.05. The van der Waals surface area contributed by atoms with Gasteiger partial charge in [-0.2, -0.15) is 12.8 Å². The van der Waals surface area contributed by atoms with Crippen molar-refractivity contribution < 1.29 is 49.0 Å². The smallest absolute Gasteiger partial charge is 0.306 e. The predicted octanol–water partition coefficient (Wildman–Crippen LogP) is 6.08. The zero-order valence-electron chi connectivity index (χ0n) is 29.0. The Bertz CT molecular complexity index is 734. The second-order valence-electron chi connectivity index (χ2n) is 12.8. The van der Waals surface area contributed by atoms with E-state index in [0.717, 1.165) is 51.4 Å². The first-order valence-electron chi connectivity index (χ1n) is 18.4. The average molecular weight is 660 g/mol. The lowest BCUT2D eigenvalue weighted by atomic mass is 9.99. The number of aliphatic hydroxyl groups is 4. The lowest BCUT2D eigenvalue weighted by Crippen LogP contribution is -2.59. The van der Waals surface area contributed by atoms with Gasteiger partial charge in [0.2, 0.25) is 0 Å². The highest BCUT2D eigenvalue weighted by atomic mass is 16.7. The molecule has 6 atom stereocenters. The standard InChI is InChI=1S/C36H67O10/c1-3-5-7-9-11-13-15-17-19-21-23-25-32(39)45-29(28-44-36-35(42)34(41)33(40)30(26-37)46-36)27-43-31(38)24-22-20-18-16-14-12-10-8-6-4-2/h6,29-30,33-37,40-42H,3-5,7-28H2,1-2H3/q-1/t29-,30-,33+,34+,35-,36-/m1/s1. The highest BCUT2D eigenvalue weighted by Crippen LogP contribution is 2.22. The third-order valence-electron chi connectivity index (χ3n) is 8.59. The zero-order chi connectivity index (χ0) is 33.8. The van der Waals surface area contributed by atoms with Crippen LogP contribution in [0.4, 0.5) is 0 Å². The van der Waals surface area contributed by atoms with Crippen LogP contribution in [0.15, 0.2) is 0 Å². The van der Waals surface area contributed by atoms with Gasteiger partial charge in [0.15, 0.2) is 12.4 Å². The Kier molecular flexibility index (Phi) is 26.6. The summed E-state index contributed by atoms with van der Waals surface area (Å²) in [7, 11) is 0. The number of unbranched alkanes of at least 4 members (excludes halogenated alkanes) is 19. The van der Waals surface area contributed by atoms with Gasteiger partial charge in [0.05, 0.1) is 13.2 Å². The molecule has 1 saturated heterocycles. The summed E-state index contributed by atoms with van der Waals surface area (Å²) < 4.78 is 22.0. The van der Waals surface area contributed by atoms with Crippen LogP contribution in [0.2, 0.25) is 0 Å². The fourth-order valence-corrected chi connectivity index (χ4v) is 5.61. The normalized spacial score (nSPS) is 22.1. The molecule has 1 aliphatic rings. The summed E-state index contributed by atoms with van der Waals surface area (Å²) in [5.74, 6) is -0.809. The highest BCUT2D eigenvalue weighted by molar-refractivity contribution is 5.70. The van der Waals surface area contributed by atoms with Crippen molar-refractivity contribution in [1.82, 2.24) is 0 Å². The Morgan fingerprint density at radius 3 is 1.74 bits per heavy atom. The van der Waals surface area contributed by atoms with Crippen LogP contribution < -0.4 is 0 Å². The van der Waals surface area contributed by atoms with E-state index in [-0.39, 0.29) is 32.0 Å². The fraction of sp³-hybridized carbons (Fsp3) is 0.917. The molecular weight excluding hydrogens is 592 g/mol. The van der Waals surface area contributed by atoms with E-state index < -0.39 is 49.4 Å². The quantitative estimate of drug-likeness (QED) is 0.0405. The van der Waals surface area contributed by atoms with Crippen LogP contribution in [0.3, 0.4) is 0 Å². The Balaban J connectivity index is 2.42. The van der Waals surface area contributed by atoms with E-state index in [1.54, 1.807) is 0 Å². The first kappa shape index (κ1) is 42.7. The number of ether oxygens (including phenoxy) is 4. The minimum Gasteiger partial charge on any atom is -0.462 e. The molecule has 0 aromatic rings. The summed E-state index contributed by atoms with van der Waals surface area (Å²) >= 11 is 0. The van der Waals surface area contributed by atoms with Crippen LogP contribution in [0.25, 0.3) is 0 Å². The Morgan fingerprint density at radius 1 is 0.674 bits per heavy atom. The SMILES string of the molecule is CC[CH-]CCCCCCCCCC(=O)OC[C@H](CO[C@@H]1O[C@H](CO)[C@H](O)[C@H](O)[C@H]1O)OC(=O)CCCCCCCCCCCCC. The molecule has 0 aromatic carbocycles. The van der Waals surface area contributed by atoms with Crippen molar-refractivity contribution >= 4 is 11.9 Å². The van der Waals surface area contributed by atoms with Crippen LogP contribution in [-0.4, -0.2) is 89.0 Å². The Hall–Kier alpha value is -1.30. The molecule has 1 aliphatic heterocycles. The number of esters is 2. The van der Waals surface area contributed by atoms with E-state index in [0.29, 0.717) is 6.42 Å². The van der Waals surface area contributed by atoms with Gasteiger partial charge in [0, 0.05) is 12.8 Å². The highest BCUT2D eigenvalue weighted by Gasteiger charge is 2.44. The minimum absolute atomic E-state index is 0.213. The van der Waals surface area contributed by atoms with Gasteiger partial charge < -0.3 is 45.8 Å². The first-order valence-corrected chi connectivity index (χ1v) is 18.4. The van der Waals surface area contributed by atoms with Gasteiger partial charge in [0.1, 0.15) is 31.0 Å². The third kappa shape index (κ3) is 20.8. The lowest BCUT2D eigenvalue weighted by molar-refractivity contribution is -0.305. The second-order valence-corrected chi connectivity index (χ2v) is 12.8. The van der Waals surface area contributed by atoms with Crippen LogP contribution in [0, 0.1) is 6.42 Å². The van der Waals surface area contributed by atoms with Crippen LogP contribution >= 0.6 is 0 Å². The fourth-order valence-electron chi connectivity index (χ4n) is 5.61. The van der Waals surface area contributed by atoms with Crippen LogP contribution in [0.1, 0.15) is 155 Å². The second kappa shape index (κ2) is 28.7. The number of hydrogen-bond acceptors (Lipinski definition) is 10. The first-order chi connectivity index (χ1) is 22.3. The van der Waals surface area contributed by atoms with Crippen molar-refractivity contribution in [2.75, 3.05) is 19.8 Å². The molecule has 272 valence electrons. The molecule has 0 aliphatic carbocycles. The maximum atomic E-state index is 12.6. The van der Waals surface area contributed by atoms with E-state index in [1.165, 1.54) is 70.6 Å². The van der Waals surface area contributed by atoms with Crippen LogP contribution in [-0.2, 0) is 28.5 Å². The molecule has 1 fully saturated rings. The summed E-state index contributed by atoms with van der Waals surface area (Å²) in [6.45, 7) is 3.32. The Labute approximate surface area is 278 Å². The van der Waals surface area contributed by atoms with E-state index >= 15 is 0 Å². The summed E-state index contributed by atoms with van der Waals surface area (Å²) in [4.78, 5) is 25.0. The van der Waals surface area contributed by atoms with Crippen molar-refractivity contribution in [2.45, 2.75) is 192 Å². The maximum Gasteiger partial charge on any atom is 0.306 e. The number of carbonyl (C=O) groups excluding carboxylic acids is 2.